The van der Waals surface area contributed by atoms with Gasteiger partial charge in [-0.1, -0.05) is 37.6 Å². The fourth-order valence-corrected chi connectivity index (χ4v) is 8.55. The van der Waals surface area contributed by atoms with Gasteiger partial charge in [0.1, 0.15) is 8.24 Å². The molecule has 0 spiro atoms. The zero-order valence-corrected chi connectivity index (χ0v) is 16.2. The van der Waals surface area contributed by atoms with Gasteiger partial charge in [-0.25, -0.2) is 0 Å². The van der Waals surface area contributed by atoms with Crippen LogP contribution in [0.15, 0.2) is 22.3 Å². The second-order valence-corrected chi connectivity index (χ2v) is 12.4. The maximum atomic E-state index is 3.99. The van der Waals surface area contributed by atoms with Gasteiger partial charge in [-0.15, -0.1) is 0 Å². The summed E-state index contributed by atoms with van der Waals surface area (Å²) in [4.78, 5) is 3.99. The van der Waals surface area contributed by atoms with Crippen molar-refractivity contribution in [2.75, 3.05) is 0 Å². The Hall–Kier alpha value is -0.343. The molecule has 0 aromatic rings. The third-order valence-corrected chi connectivity index (χ3v) is 8.25. The lowest BCUT2D eigenvalue weighted by Gasteiger charge is -2.40. The highest BCUT2D eigenvalue weighted by Crippen LogP contribution is 2.48. The molecule has 1 aliphatic rings. The average molecular weight is 294 g/mol. The van der Waals surface area contributed by atoms with E-state index in [-0.39, 0.29) is 5.54 Å². The highest BCUT2D eigenvalue weighted by molar-refractivity contribution is 6.78. The van der Waals surface area contributed by atoms with Crippen molar-refractivity contribution >= 4 is 8.24 Å². The van der Waals surface area contributed by atoms with E-state index in [1.807, 2.05) is 0 Å². The molecule has 1 unspecified atom stereocenters. The van der Waals surface area contributed by atoms with E-state index in [4.69, 9.17) is 0 Å². The first-order valence-electron chi connectivity index (χ1n) is 8.18. The zero-order valence-electron chi connectivity index (χ0n) is 15.2. The number of nitrogens with one attached hydrogen (secondary N) is 1. The molecule has 0 saturated carbocycles. The molecule has 116 valence electrons. The highest BCUT2D eigenvalue weighted by atomic mass is 28.3. The predicted octanol–water partition coefficient (Wildman–Crippen LogP) is 5.81. The Kier molecular flexibility index (Phi) is 5.48. The van der Waals surface area contributed by atoms with Crippen molar-refractivity contribution in [3.05, 3.63) is 22.3 Å². The molecule has 0 aliphatic heterocycles. The molecule has 0 heterocycles. The molecule has 1 aliphatic carbocycles. The summed E-state index contributed by atoms with van der Waals surface area (Å²) in [6.45, 7) is 21.2. The Morgan fingerprint density at radius 2 is 1.60 bits per heavy atom. The summed E-state index contributed by atoms with van der Waals surface area (Å²) in [5, 5.41) is 0. The fraction of sp³-hybridized carbons (Fsp3) is 0.778. The molecule has 1 atom stereocenters. The van der Waals surface area contributed by atoms with Crippen LogP contribution in [-0.2, 0) is 0 Å². The molecular weight excluding hydrogens is 258 g/mol. The van der Waals surface area contributed by atoms with Crippen LogP contribution in [0.25, 0.3) is 0 Å². The summed E-state index contributed by atoms with van der Waals surface area (Å²) in [5.74, 6) is 0. The molecule has 2 heteroatoms. The molecule has 0 saturated heterocycles. The van der Waals surface area contributed by atoms with Gasteiger partial charge in [-0.05, 0) is 65.5 Å². The van der Waals surface area contributed by atoms with Gasteiger partial charge in [0.05, 0.1) is 0 Å². The van der Waals surface area contributed by atoms with E-state index >= 15 is 0 Å². The van der Waals surface area contributed by atoms with Crippen LogP contribution in [0.1, 0.15) is 67.7 Å². The molecule has 0 aromatic carbocycles. The normalized spacial score (nSPS) is 21.1. The molecule has 0 aromatic heterocycles. The highest BCUT2D eigenvalue weighted by Gasteiger charge is 2.41. The Morgan fingerprint density at radius 3 is 2.05 bits per heavy atom. The lowest BCUT2D eigenvalue weighted by molar-refractivity contribution is 0.508. The topological polar surface area (TPSA) is 12.0 Å². The van der Waals surface area contributed by atoms with Gasteiger partial charge in [0, 0.05) is 11.1 Å². The van der Waals surface area contributed by atoms with Crippen molar-refractivity contribution in [2.24, 2.45) is 0 Å². The van der Waals surface area contributed by atoms with Crippen LogP contribution in [0.3, 0.4) is 0 Å². The number of hydrogen-bond donors (Lipinski definition) is 1. The molecule has 0 fully saturated rings. The van der Waals surface area contributed by atoms with Crippen molar-refractivity contribution in [2.45, 2.75) is 91.9 Å². The van der Waals surface area contributed by atoms with Gasteiger partial charge in [0.15, 0.2) is 0 Å². The summed E-state index contributed by atoms with van der Waals surface area (Å²) in [6.07, 6.45) is 3.89. The second kappa shape index (κ2) is 6.19. The van der Waals surface area contributed by atoms with Crippen LogP contribution in [0.2, 0.25) is 18.6 Å². The lowest BCUT2D eigenvalue weighted by atomic mass is 10.0. The van der Waals surface area contributed by atoms with Crippen LogP contribution < -0.4 is 4.98 Å². The van der Waals surface area contributed by atoms with Gasteiger partial charge in [0.2, 0.25) is 0 Å². The predicted molar refractivity (Wildman–Crippen MR) is 94.7 cm³/mol. The van der Waals surface area contributed by atoms with E-state index in [1.54, 1.807) is 22.3 Å². The average Bonchev–Trinajstić information content (AvgIpc) is 2.48. The lowest BCUT2D eigenvalue weighted by Crippen LogP contribution is -2.57. The van der Waals surface area contributed by atoms with Crippen LogP contribution in [0.4, 0.5) is 0 Å². The van der Waals surface area contributed by atoms with E-state index in [0.29, 0.717) is 5.54 Å². The Balaban J connectivity index is 3.12. The standard InChI is InChI=1S/C18H35NSi/c1-10-11-12-16-14(3)13(2)15(4)17(16)20(8,9)19-18(5,6)7/h17,19H,10-12H2,1-9H3. The Bertz CT molecular complexity index is 421. The van der Waals surface area contributed by atoms with Gasteiger partial charge in [-0.3, -0.25) is 0 Å². The summed E-state index contributed by atoms with van der Waals surface area (Å²) < 4.78 is 0. The zero-order chi connectivity index (χ0) is 15.7. The van der Waals surface area contributed by atoms with Crippen LogP contribution in [0, 0.1) is 0 Å². The number of hydrogen-bond acceptors (Lipinski definition) is 1. The Morgan fingerprint density at radius 1 is 1.05 bits per heavy atom. The maximum absolute atomic E-state index is 3.99. The number of allylic oxidation sites excluding steroid dienone is 4. The summed E-state index contributed by atoms with van der Waals surface area (Å²) in [5.41, 5.74) is 7.39. The molecular formula is C18H35NSi. The first-order valence-corrected chi connectivity index (χ1v) is 11.3. The summed E-state index contributed by atoms with van der Waals surface area (Å²) >= 11 is 0. The molecule has 0 bridgehead atoms. The van der Waals surface area contributed by atoms with Crippen molar-refractivity contribution in [3.63, 3.8) is 0 Å². The van der Waals surface area contributed by atoms with Gasteiger partial charge in [-0.2, -0.15) is 0 Å². The summed E-state index contributed by atoms with van der Waals surface area (Å²) in [7, 11) is -1.53. The van der Waals surface area contributed by atoms with E-state index < -0.39 is 8.24 Å². The van der Waals surface area contributed by atoms with E-state index in [9.17, 15) is 0 Å². The van der Waals surface area contributed by atoms with Gasteiger partial charge >= 0.3 is 0 Å². The van der Waals surface area contributed by atoms with E-state index in [1.165, 1.54) is 19.3 Å². The summed E-state index contributed by atoms with van der Waals surface area (Å²) in [6, 6.07) is 0. The molecule has 0 radical (unpaired) electrons. The fourth-order valence-electron chi connectivity index (χ4n) is 3.95. The van der Waals surface area contributed by atoms with Crippen molar-refractivity contribution in [1.29, 1.82) is 0 Å². The molecule has 1 rings (SSSR count). The van der Waals surface area contributed by atoms with Crippen molar-refractivity contribution < 1.29 is 0 Å². The SMILES string of the molecule is CCCCC1=C(C)C(C)=C(C)C1[Si](C)(C)NC(C)(C)C. The first-order chi connectivity index (χ1) is 9.01. The van der Waals surface area contributed by atoms with Crippen LogP contribution in [-0.4, -0.2) is 13.8 Å². The first kappa shape index (κ1) is 17.7. The smallest absolute Gasteiger partial charge is 0.131 e. The Labute approximate surface area is 128 Å². The maximum Gasteiger partial charge on any atom is 0.131 e. The number of rotatable bonds is 5. The van der Waals surface area contributed by atoms with Crippen molar-refractivity contribution in [1.82, 2.24) is 4.98 Å². The van der Waals surface area contributed by atoms with Crippen LogP contribution >= 0.6 is 0 Å². The largest absolute Gasteiger partial charge is 0.332 e. The molecule has 1 N–H and O–H groups in total. The molecule has 0 amide bonds. The van der Waals surface area contributed by atoms with Crippen LogP contribution in [0.5, 0.6) is 0 Å². The minimum absolute atomic E-state index is 0.205. The minimum atomic E-state index is -1.53. The van der Waals surface area contributed by atoms with E-state index in [0.717, 1.165) is 0 Å². The van der Waals surface area contributed by atoms with Gasteiger partial charge < -0.3 is 4.98 Å². The third kappa shape index (κ3) is 3.85. The van der Waals surface area contributed by atoms with E-state index in [2.05, 4.69) is 66.5 Å². The third-order valence-electron chi connectivity index (χ3n) is 4.64. The molecule has 1 nitrogen and oxygen atoms in total. The van der Waals surface area contributed by atoms with Gasteiger partial charge in [0.25, 0.3) is 0 Å². The monoisotopic (exact) mass is 293 g/mol. The quantitative estimate of drug-likeness (QED) is 0.631. The molecule has 20 heavy (non-hydrogen) atoms. The number of unbranched alkanes of at least 4 members (excludes halogenated alkanes) is 1. The van der Waals surface area contributed by atoms with Crippen molar-refractivity contribution in [3.8, 4) is 0 Å². The second-order valence-electron chi connectivity index (χ2n) is 8.09. The minimum Gasteiger partial charge on any atom is -0.332 e.